The highest BCUT2D eigenvalue weighted by atomic mass is 35.5. The predicted molar refractivity (Wildman–Crippen MR) is 76.1 cm³/mol. The van der Waals surface area contributed by atoms with Gasteiger partial charge in [-0.25, -0.2) is 4.79 Å². The molecule has 0 heterocycles. The molecule has 1 saturated carbocycles. The zero-order valence-electron chi connectivity index (χ0n) is 11.6. The largest absolute Gasteiger partial charge is 0.450 e. The molecular formula is C15H27ClO2. The minimum Gasteiger partial charge on any atom is -0.450 e. The van der Waals surface area contributed by atoms with Gasteiger partial charge < -0.3 is 4.74 Å². The van der Waals surface area contributed by atoms with Crippen molar-refractivity contribution in [3.63, 3.8) is 0 Å². The first-order chi connectivity index (χ1) is 8.72. The average Bonchev–Trinajstić information content (AvgIpc) is 2.35. The zero-order valence-corrected chi connectivity index (χ0v) is 12.4. The van der Waals surface area contributed by atoms with Gasteiger partial charge in [0.2, 0.25) is 0 Å². The van der Waals surface area contributed by atoms with Gasteiger partial charge in [0.15, 0.2) is 0 Å². The van der Waals surface area contributed by atoms with Crippen molar-refractivity contribution in [1.82, 2.24) is 0 Å². The number of hydrogen-bond acceptors (Lipinski definition) is 2. The number of unbranched alkanes of at least 4 members (excludes halogenated alkanes) is 5. The zero-order chi connectivity index (χ0) is 13.2. The van der Waals surface area contributed by atoms with E-state index in [0.717, 1.165) is 18.8 Å². The highest BCUT2D eigenvalue weighted by Gasteiger charge is 2.22. The maximum atomic E-state index is 10.6. The molecule has 0 bridgehead atoms. The molecule has 1 fully saturated rings. The van der Waals surface area contributed by atoms with Gasteiger partial charge in [-0.3, -0.25) is 0 Å². The summed E-state index contributed by atoms with van der Waals surface area (Å²) in [5, 5.41) is 0. The summed E-state index contributed by atoms with van der Waals surface area (Å²) < 4.78 is 5.04. The lowest BCUT2D eigenvalue weighted by Crippen LogP contribution is -2.22. The van der Waals surface area contributed by atoms with Gasteiger partial charge in [-0.1, -0.05) is 51.9 Å². The van der Waals surface area contributed by atoms with E-state index in [2.05, 4.69) is 6.92 Å². The number of carbonyl (C=O) groups excluding carboxylic acids is 1. The molecule has 3 heteroatoms. The van der Waals surface area contributed by atoms with E-state index in [1.807, 2.05) is 0 Å². The quantitative estimate of drug-likeness (QED) is 0.421. The van der Waals surface area contributed by atoms with Crippen LogP contribution in [0.1, 0.15) is 77.6 Å². The summed E-state index contributed by atoms with van der Waals surface area (Å²) >= 11 is 5.23. The molecular weight excluding hydrogens is 248 g/mol. The minimum absolute atomic E-state index is 0.0794. The molecule has 18 heavy (non-hydrogen) atoms. The van der Waals surface area contributed by atoms with Gasteiger partial charge >= 0.3 is 5.43 Å². The molecule has 106 valence electrons. The molecule has 0 unspecified atom stereocenters. The van der Waals surface area contributed by atoms with Gasteiger partial charge in [0.25, 0.3) is 0 Å². The number of rotatable bonds is 8. The Morgan fingerprint density at radius 1 is 1.06 bits per heavy atom. The number of carbonyl (C=O) groups is 1. The van der Waals surface area contributed by atoms with E-state index in [1.165, 1.54) is 57.8 Å². The van der Waals surface area contributed by atoms with Crippen molar-refractivity contribution in [1.29, 1.82) is 0 Å². The summed E-state index contributed by atoms with van der Waals surface area (Å²) in [6.45, 7) is 2.26. The Morgan fingerprint density at radius 2 is 1.67 bits per heavy atom. The number of ether oxygens (including phenoxy) is 1. The standard InChI is InChI=1S/C15H27ClO2/c1-2-3-4-5-6-7-8-13-9-11-14(12-10-13)18-15(16)17/h13-14H,2-12H2,1H3. The lowest BCUT2D eigenvalue weighted by molar-refractivity contribution is 0.0805. The van der Waals surface area contributed by atoms with Crippen molar-refractivity contribution in [2.75, 3.05) is 0 Å². The Hall–Kier alpha value is -0.240. The first kappa shape index (κ1) is 15.8. The fourth-order valence-electron chi connectivity index (χ4n) is 2.88. The molecule has 0 saturated heterocycles. The van der Waals surface area contributed by atoms with Crippen molar-refractivity contribution >= 4 is 17.0 Å². The fraction of sp³-hybridized carbons (Fsp3) is 0.933. The fourth-order valence-corrected chi connectivity index (χ4v) is 3.01. The van der Waals surface area contributed by atoms with Crippen molar-refractivity contribution < 1.29 is 9.53 Å². The maximum absolute atomic E-state index is 10.6. The van der Waals surface area contributed by atoms with Crippen LogP contribution in [0.4, 0.5) is 4.79 Å². The summed E-state index contributed by atoms with van der Waals surface area (Å²) in [6, 6.07) is 0. The third kappa shape index (κ3) is 7.25. The van der Waals surface area contributed by atoms with E-state index >= 15 is 0 Å². The lowest BCUT2D eigenvalue weighted by atomic mass is 9.84. The van der Waals surface area contributed by atoms with Crippen LogP contribution in [-0.2, 0) is 4.74 Å². The van der Waals surface area contributed by atoms with Crippen LogP contribution in [0.15, 0.2) is 0 Å². The van der Waals surface area contributed by atoms with E-state index in [0.29, 0.717) is 0 Å². The van der Waals surface area contributed by atoms with Crippen LogP contribution in [0.25, 0.3) is 0 Å². The Kier molecular flexibility index (Phi) is 8.49. The third-order valence-corrected chi connectivity index (χ3v) is 4.11. The Morgan fingerprint density at radius 3 is 2.28 bits per heavy atom. The van der Waals surface area contributed by atoms with Crippen LogP contribution >= 0.6 is 11.6 Å². The average molecular weight is 275 g/mol. The molecule has 0 aromatic carbocycles. The molecule has 0 aliphatic heterocycles. The van der Waals surface area contributed by atoms with Crippen molar-refractivity contribution in [3.05, 3.63) is 0 Å². The van der Waals surface area contributed by atoms with E-state index in [4.69, 9.17) is 16.3 Å². The predicted octanol–water partition coefficient (Wildman–Crippen LogP) is 5.67. The first-order valence-electron chi connectivity index (χ1n) is 7.58. The van der Waals surface area contributed by atoms with Crippen LogP contribution in [-0.4, -0.2) is 11.5 Å². The summed E-state index contributed by atoms with van der Waals surface area (Å²) in [6.07, 6.45) is 14.1. The third-order valence-electron chi connectivity index (χ3n) is 4.02. The summed E-state index contributed by atoms with van der Waals surface area (Å²) in [4.78, 5) is 10.6. The Bertz CT molecular complexity index is 223. The van der Waals surface area contributed by atoms with Crippen LogP contribution in [0, 0.1) is 5.92 Å². The smallest absolute Gasteiger partial charge is 0.404 e. The Balaban J connectivity index is 1.97. The number of halogens is 1. The van der Waals surface area contributed by atoms with Crippen molar-refractivity contribution in [2.45, 2.75) is 83.7 Å². The molecule has 0 N–H and O–H groups in total. The van der Waals surface area contributed by atoms with E-state index in [1.54, 1.807) is 0 Å². The maximum Gasteiger partial charge on any atom is 0.404 e. The van der Waals surface area contributed by atoms with Crippen LogP contribution in [0.2, 0.25) is 0 Å². The second-order valence-corrected chi connectivity index (χ2v) is 5.86. The normalized spacial score (nSPS) is 23.9. The second kappa shape index (κ2) is 9.66. The number of hydrogen-bond donors (Lipinski definition) is 0. The van der Waals surface area contributed by atoms with Gasteiger partial charge in [-0.15, -0.1) is 0 Å². The molecule has 0 aromatic rings. The molecule has 0 amide bonds. The molecule has 0 aromatic heterocycles. The molecule has 1 aliphatic rings. The molecule has 2 nitrogen and oxygen atoms in total. The van der Waals surface area contributed by atoms with Crippen LogP contribution < -0.4 is 0 Å². The monoisotopic (exact) mass is 274 g/mol. The molecule has 0 radical (unpaired) electrons. The van der Waals surface area contributed by atoms with Crippen molar-refractivity contribution in [2.24, 2.45) is 5.92 Å². The van der Waals surface area contributed by atoms with Gasteiger partial charge in [-0.2, -0.15) is 0 Å². The van der Waals surface area contributed by atoms with E-state index in [-0.39, 0.29) is 6.10 Å². The van der Waals surface area contributed by atoms with E-state index < -0.39 is 5.43 Å². The van der Waals surface area contributed by atoms with Gasteiger partial charge in [-0.05, 0) is 31.6 Å². The lowest BCUT2D eigenvalue weighted by Gasteiger charge is -2.27. The first-order valence-corrected chi connectivity index (χ1v) is 7.96. The molecule has 0 spiro atoms. The summed E-state index contributed by atoms with van der Waals surface area (Å²) in [5.41, 5.74) is -0.644. The molecule has 0 atom stereocenters. The Labute approximate surface area is 116 Å². The molecule has 1 aliphatic carbocycles. The van der Waals surface area contributed by atoms with Gasteiger partial charge in [0.1, 0.15) is 6.10 Å². The topological polar surface area (TPSA) is 26.3 Å². The highest BCUT2D eigenvalue weighted by molar-refractivity contribution is 6.61. The van der Waals surface area contributed by atoms with Crippen LogP contribution in [0.3, 0.4) is 0 Å². The van der Waals surface area contributed by atoms with Crippen LogP contribution in [0.5, 0.6) is 0 Å². The van der Waals surface area contributed by atoms with Gasteiger partial charge in [0, 0.05) is 11.6 Å². The second-order valence-electron chi connectivity index (χ2n) is 5.55. The highest BCUT2D eigenvalue weighted by Crippen LogP contribution is 2.30. The SMILES string of the molecule is CCCCCCCCC1CCC(OC(=O)Cl)CC1. The van der Waals surface area contributed by atoms with E-state index in [9.17, 15) is 4.79 Å². The molecule has 1 rings (SSSR count). The summed E-state index contributed by atoms with van der Waals surface area (Å²) in [7, 11) is 0. The van der Waals surface area contributed by atoms with Crippen molar-refractivity contribution in [3.8, 4) is 0 Å². The minimum atomic E-state index is -0.644. The van der Waals surface area contributed by atoms with Gasteiger partial charge in [0.05, 0.1) is 0 Å². The summed E-state index contributed by atoms with van der Waals surface area (Å²) in [5.74, 6) is 0.849.